The van der Waals surface area contributed by atoms with Crippen molar-refractivity contribution in [3.8, 4) is 0 Å². The summed E-state index contributed by atoms with van der Waals surface area (Å²) < 4.78 is 29.0. The fraction of sp³-hybridized carbons (Fsp3) is 0.667. The molecule has 2 saturated heterocycles. The molecule has 4 N–H and O–H groups in total. The van der Waals surface area contributed by atoms with Crippen molar-refractivity contribution in [2.24, 2.45) is 11.3 Å². The van der Waals surface area contributed by atoms with Crippen LogP contribution in [0.1, 0.15) is 30.1 Å². The maximum absolute atomic E-state index is 13.4. The Bertz CT molecular complexity index is 985. The van der Waals surface area contributed by atoms with E-state index in [2.05, 4.69) is 0 Å². The van der Waals surface area contributed by atoms with Gasteiger partial charge in [0.05, 0.1) is 18.3 Å². The largest absolute Gasteiger partial charge is 0.461 e. The number of aliphatic hydroxyl groups is 4. The van der Waals surface area contributed by atoms with Crippen LogP contribution in [0, 0.1) is 11.3 Å². The van der Waals surface area contributed by atoms with Crippen LogP contribution in [0.4, 0.5) is 0 Å². The van der Waals surface area contributed by atoms with Crippen LogP contribution in [-0.4, -0.2) is 101 Å². The molecule has 5 unspecified atom stereocenters. The van der Waals surface area contributed by atoms with Crippen LogP contribution >= 0.6 is 0 Å². The summed E-state index contributed by atoms with van der Waals surface area (Å²) in [4.78, 5) is 26.1. The summed E-state index contributed by atoms with van der Waals surface area (Å²) in [6.45, 7) is 0.715. The molecule has 1 aromatic carbocycles. The second-order valence-electron chi connectivity index (χ2n) is 9.96. The summed E-state index contributed by atoms with van der Waals surface area (Å²) in [5.41, 5.74) is -3.71. The van der Waals surface area contributed by atoms with Crippen LogP contribution in [0.15, 0.2) is 30.3 Å². The van der Waals surface area contributed by atoms with Crippen LogP contribution in [0.25, 0.3) is 0 Å². The zero-order valence-corrected chi connectivity index (χ0v) is 19.4. The molecule has 3 saturated carbocycles. The Morgan fingerprint density at radius 2 is 1.83 bits per heavy atom. The molecular formula is C24H30O11. The quantitative estimate of drug-likeness (QED) is 0.349. The van der Waals surface area contributed by atoms with E-state index in [1.165, 1.54) is 7.11 Å². The summed E-state index contributed by atoms with van der Waals surface area (Å²) in [5, 5.41) is 40.5. The molecule has 0 spiro atoms. The number of esters is 2. The van der Waals surface area contributed by atoms with Gasteiger partial charge in [-0.15, -0.1) is 0 Å². The molecule has 4 bridgehead atoms. The Labute approximate surface area is 201 Å². The van der Waals surface area contributed by atoms with Gasteiger partial charge in [0, 0.05) is 19.4 Å². The summed E-state index contributed by atoms with van der Waals surface area (Å²) in [5.74, 6) is -1.63. The van der Waals surface area contributed by atoms with Crippen molar-refractivity contribution in [1.82, 2.24) is 0 Å². The van der Waals surface area contributed by atoms with Crippen molar-refractivity contribution >= 4 is 11.9 Å². The lowest BCUT2D eigenvalue weighted by molar-refractivity contribution is -0.395. The SMILES string of the molecule is COC1CC2(C)OC(=O)C3(COC(=O)c4ccccc4)C1CC23O[C@@H]1O[C@H](CO)[C@@H](O)[C@H](O)[C@H]1O. The van der Waals surface area contributed by atoms with Crippen LogP contribution in [0.3, 0.4) is 0 Å². The van der Waals surface area contributed by atoms with E-state index in [4.69, 9.17) is 23.7 Å². The first-order valence-electron chi connectivity index (χ1n) is 11.6. The number of ether oxygens (including phenoxy) is 5. The predicted molar refractivity (Wildman–Crippen MR) is 115 cm³/mol. The van der Waals surface area contributed by atoms with Crippen LogP contribution in [-0.2, 0) is 28.5 Å². The molecule has 1 aromatic rings. The normalized spacial score (nSPS) is 46.0. The molecule has 192 valence electrons. The fourth-order valence-corrected chi connectivity index (χ4v) is 6.41. The molecule has 0 radical (unpaired) electrons. The Balaban J connectivity index is 1.48. The first-order chi connectivity index (χ1) is 16.6. The molecule has 0 amide bonds. The molecule has 11 nitrogen and oxygen atoms in total. The van der Waals surface area contributed by atoms with Gasteiger partial charge in [0.25, 0.3) is 0 Å². The summed E-state index contributed by atoms with van der Waals surface area (Å²) in [7, 11) is 1.53. The highest BCUT2D eigenvalue weighted by Gasteiger charge is 2.88. The second kappa shape index (κ2) is 8.48. The van der Waals surface area contributed by atoms with Crippen LogP contribution in [0.2, 0.25) is 0 Å². The number of aliphatic hydroxyl groups excluding tert-OH is 4. The summed E-state index contributed by atoms with van der Waals surface area (Å²) in [6.07, 6.45) is -7.33. The molecule has 10 atom stereocenters. The van der Waals surface area contributed by atoms with Crippen molar-refractivity contribution < 1.29 is 53.7 Å². The van der Waals surface area contributed by atoms with Crippen molar-refractivity contribution in [1.29, 1.82) is 0 Å². The number of hydrogen-bond acceptors (Lipinski definition) is 11. The van der Waals surface area contributed by atoms with Gasteiger partial charge in [0.1, 0.15) is 47.6 Å². The number of methoxy groups -OCH3 is 1. The zero-order valence-electron chi connectivity index (χ0n) is 19.4. The molecular weight excluding hydrogens is 464 g/mol. The molecule has 3 aliphatic carbocycles. The van der Waals surface area contributed by atoms with Crippen molar-refractivity contribution in [2.75, 3.05) is 20.3 Å². The van der Waals surface area contributed by atoms with E-state index >= 15 is 0 Å². The molecule has 6 rings (SSSR count). The average molecular weight is 494 g/mol. The molecule has 0 aromatic heterocycles. The summed E-state index contributed by atoms with van der Waals surface area (Å²) >= 11 is 0. The highest BCUT2D eigenvalue weighted by atomic mass is 16.7. The van der Waals surface area contributed by atoms with E-state index in [0.29, 0.717) is 12.0 Å². The van der Waals surface area contributed by atoms with Gasteiger partial charge in [-0.25, -0.2) is 4.79 Å². The molecule has 11 heteroatoms. The monoisotopic (exact) mass is 494 g/mol. The maximum atomic E-state index is 13.4. The molecule has 2 heterocycles. The zero-order chi connectivity index (χ0) is 25.2. The second-order valence-corrected chi connectivity index (χ2v) is 9.96. The van der Waals surface area contributed by atoms with Gasteiger partial charge < -0.3 is 44.1 Å². The van der Waals surface area contributed by atoms with E-state index in [9.17, 15) is 30.0 Å². The third kappa shape index (κ3) is 3.23. The standard InChI is InChI=1S/C24H30O11/c1-22-9-14(31-2)13-8-24(22,34-20-18(28)17(27)16(26)15(10-25)33-20)23(13,21(30)35-22)11-32-19(29)12-6-4-3-5-7-12/h3-7,13-18,20,25-28H,8-11H2,1-2H3/t13?,14?,15-,16-,17+,18-,20+,22?,23?,24?/m1/s1. The lowest BCUT2D eigenvalue weighted by Gasteiger charge is -2.66. The first kappa shape index (κ1) is 24.6. The van der Waals surface area contributed by atoms with Gasteiger partial charge in [-0.3, -0.25) is 4.79 Å². The van der Waals surface area contributed by atoms with E-state index in [0.717, 1.165) is 0 Å². The number of hydrogen-bond donors (Lipinski definition) is 4. The third-order valence-corrected chi connectivity index (χ3v) is 8.35. The minimum Gasteiger partial charge on any atom is -0.461 e. The smallest absolute Gasteiger partial charge is 0.338 e. The molecule has 5 aliphatic rings. The highest BCUT2D eigenvalue weighted by molar-refractivity contribution is 5.90. The number of carbonyl (C=O) groups is 2. The van der Waals surface area contributed by atoms with Crippen LogP contribution in [0.5, 0.6) is 0 Å². The van der Waals surface area contributed by atoms with E-state index in [1.54, 1.807) is 37.3 Å². The average Bonchev–Trinajstić information content (AvgIpc) is 2.92. The Hall–Kier alpha value is -2.12. The Morgan fingerprint density at radius 3 is 2.49 bits per heavy atom. The lowest BCUT2D eigenvalue weighted by atomic mass is 9.40. The van der Waals surface area contributed by atoms with E-state index < -0.39 is 71.8 Å². The highest BCUT2D eigenvalue weighted by Crippen LogP contribution is 2.73. The number of fused-ring (bicyclic) bond motifs is 1. The Kier molecular flexibility index (Phi) is 5.95. The lowest BCUT2D eigenvalue weighted by Crippen LogP contribution is -2.80. The van der Waals surface area contributed by atoms with E-state index in [1.807, 2.05) is 0 Å². The van der Waals surface area contributed by atoms with Crippen LogP contribution < -0.4 is 0 Å². The predicted octanol–water partition coefficient (Wildman–Crippen LogP) is -0.861. The fourth-order valence-electron chi connectivity index (χ4n) is 6.41. The summed E-state index contributed by atoms with van der Waals surface area (Å²) in [6, 6.07) is 8.34. The van der Waals surface area contributed by atoms with Gasteiger partial charge in [-0.1, -0.05) is 18.2 Å². The van der Waals surface area contributed by atoms with Gasteiger partial charge in [0.2, 0.25) is 0 Å². The van der Waals surface area contributed by atoms with Crippen molar-refractivity contribution in [3.05, 3.63) is 35.9 Å². The number of carbonyl (C=O) groups excluding carboxylic acids is 2. The molecule has 2 aliphatic heterocycles. The van der Waals surface area contributed by atoms with Gasteiger partial charge in [-0.05, 0) is 25.5 Å². The minimum absolute atomic E-state index is 0.283. The van der Waals surface area contributed by atoms with Crippen molar-refractivity contribution in [2.45, 2.75) is 67.8 Å². The van der Waals surface area contributed by atoms with Gasteiger partial charge in [0.15, 0.2) is 6.29 Å². The number of benzene rings is 1. The van der Waals surface area contributed by atoms with Gasteiger partial charge >= 0.3 is 11.9 Å². The maximum Gasteiger partial charge on any atom is 0.338 e. The third-order valence-electron chi connectivity index (χ3n) is 8.35. The minimum atomic E-state index is -1.66. The number of rotatable bonds is 7. The van der Waals surface area contributed by atoms with Gasteiger partial charge in [-0.2, -0.15) is 0 Å². The molecule has 35 heavy (non-hydrogen) atoms. The topological polar surface area (TPSA) is 161 Å². The molecule has 5 fully saturated rings. The van der Waals surface area contributed by atoms with E-state index in [-0.39, 0.29) is 19.1 Å². The van der Waals surface area contributed by atoms with Crippen molar-refractivity contribution in [3.63, 3.8) is 0 Å². The first-order valence-corrected chi connectivity index (χ1v) is 11.6. The Morgan fingerprint density at radius 1 is 1.11 bits per heavy atom.